The van der Waals surface area contributed by atoms with E-state index in [2.05, 4.69) is 5.92 Å². The van der Waals surface area contributed by atoms with E-state index in [4.69, 9.17) is 11.2 Å². The van der Waals surface area contributed by atoms with Gasteiger partial charge < -0.3 is 4.74 Å². The minimum Gasteiger partial charge on any atom is -0.494 e. The summed E-state index contributed by atoms with van der Waals surface area (Å²) in [7, 11) is 0. The zero-order chi connectivity index (χ0) is 8.10. The van der Waals surface area contributed by atoms with Gasteiger partial charge in [-0.2, -0.15) is 0 Å². The van der Waals surface area contributed by atoms with Crippen molar-refractivity contribution in [2.45, 2.75) is 6.92 Å². The number of hydrogen-bond donors (Lipinski definition) is 0. The Hall–Kier alpha value is -1.42. The van der Waals surface area contributed by atoms with Gasteiger partial charge in [-0.05, 0) is 31.2 Å². The average Bonchev–Trinajstić information content (AvgIpc) is 2.07. The van der Waals surface area contributed by atoms with E-state index in [9.17, 15) is 0 Å². The predicted octanol–water partition coefficient (Wildman–Crippen LogP) is 2.07. The van der Waals surface area contributed by atoms with Crippen molar-refractivity contribution in [2.75, 3.05) is 6.61 Å². The molecule has 0 aliphatic heterocycles. The summed E-state index contributed by atoms with van der Waals surface area (Å²) in [5, 5.41) is 0. The number of rotatable bonds is 2. The molecular weight excluding hydrogens is 136 g/mol. The van der Waals surface area contributed by atoms with Gasteiger partial charge in [-0.1, -0.05) is 5.92 Å². The summed E-state index contributed by atoms with van der Waals surface area (Å²) in [6, 6.07) is 7.48. The lowest BCUT2D eigenvalue weighted by Gasteiger charge is -2.00. The number of ether oxygens (including phenoxy) is 1. The Morgan fingerprint density at radius 2 is 2.00 bits per heavy atom. The summed E-state index contributed by atoms with van der Waals surface area (Å²) in [6.45, 7) is 2.64. The van der Waals surface area contributed by atoms with Crippen molar-refractivity contribution < 1.29 is 4.74 Å². The highest BCUT2D eigenvalue weighted by atomic mass is 16.5. The van der Waals surface area contributed by atoms with Crippen molar-refractivity contribution in [3.05, 3.63) is 29.8 Å². The molecule has 0 N–H and O–H groups in total. The summed E-state index contributed by atoms with van der Waals surface area (Å²) >= 11 is 0. The van der Waals surface area contributed by atoms with E-state index in [0.717, 1.165) is 11.3 Å². The first-order chi connectivity index (χ1) is 5.36. The van der Waals surface area contributed by atoms with Crippen LogP contribution in [0.15, 0.2) is 24.3 Å². The zero-order valence-electron chi connectivity index (χ0n) is 6.50. The fourth-order valence-corrected chi connectivity index (χ4v) is 0.814. The van der Waals surface area contributed by atoms with Crippen molar-refractivity contribution in [3.8, 4) is 18.1 Å². The molecule has 0 aromatic heterocycles. The molecule has 0 fully saturated rings. The van der Waals surface area contributed by atoms with Gasteiger partial charge in [-0.3, -0.25) is 0 Å². The number of hydrogen-bond acceptors (Lipinski definition) is 1. The minimum atomic E-state index is 0.690. The highest BCUT2D eigenvalue weighted by Gasteiger charge is 1.89. The van der Waals surface area contributed by atoms with Gasteiger partial charge in [0.2, 0.25) is 0 Å². The molecule has 0 bridgehead atoms. The van der Waals surface area contributed by atoms with Crippen molar-refractivity contribution >= 4 is 0 Å². The fourth-order valence-electron chi connectivity index (χ4n) is 0.814. The van der Waals surface area contributed by atoms with Crippen LogP contribution in [0.3, 0.4) is 0 Å². The third-order valence-corrected chi connectivity index (χ3v) is 1.33. The van der Waals surface area contributed by atoms with Crippen LogP contribution in [0, 0.1) is 12.3 Å². The summed E-state index contributed by atoms with van der Waals surface area (Å²) in [5.74, 6) is 3.41. The lowest BCUT2D eigenvalue weighted by molar-refractivity contribution is 0.340. The van der Waals surface area contributed by atoms with E-state index in [0.29, 0.717) is 6.61 Å². The van der Waals surface area contributed by atoms with Gasteiger partial charge in [-0.25, -0.2) is 0 Å². The SMILES string of the molecule is C#Cc1ccc(OCC)cc1. The van der Waals surface area contributed by atoms with E-state index in [1.54, 1.807) is 0 Å². The molecule has 1 aromatic carbocycles. The summed E-state index contributed by atoms with van der Waals surface area (Å²) in [4.78, 5) is 0. The van der Waals surface area contributed by atoms with Gasteiger partial charge in [-0.15, -0.1) is 6.42 Å². The second kappa shape index (κ2) is 3.68. The summed E-state index contributed by atoms with van der Waals surface area (Å²) in [6.07, 6.45) is 5.18. The van der Waals surface area contributed by atoms with Crippen LogP contribution in [0.2, 0.25) is 0 Å². The molecule has 0 aliphatic rings. The molecular formula is C10H10O. The van der Waals surface area contributed by atoms with Crippen molar-refractivity contribution in [2.24, 2.45) is 0 Å². The predicted molar refractivity (Wildman–Crippen MR) is 45.5 cm³/mol. The molecule has 1 aromatic rings. The molecule has 0 radical (unpaired) electrons. The van der Waals surface area contributed by atoms with Crippen LogP contribution < -0.4 is 4.74 Å². The first kappa shape index (κ1) is 7.68. The van der Waals surface area contributed by atoms with Crippen LogP contribution in [0.1, 0.15) is 12.5 Å². The molecule has 0 atom stereocenters. The third-order valence-electron chi connectivity index (χ3n) is 1.33. The van der Waals surface area contributed by atoms with Crippen molar-refractivity contribution in [1.82, 2.24) is 0 Å². The molecule has 0 heterocycles. The number of terminal acetylenes is 1. The topological polar surface area (TPSA) is 9.23 Å². The van der Waals surface area contributed by atoms with Gasteiger partial charge in [0.05, 0.1) is 6.61 Å². The Bertz CT molecular complexity index is 253. The highest BCUT2D eigenvalue weighted by molar-refractivity contribution is 5.36. The van der Waals surface area contributed by atoms with Crippen LogP contribution in [-0.4, -0.2) is 6.61 Å². The van der Waals surface area contributed by atoms with Crippen molar-refractivity contribution in [1.29, 1.82) is 0 Å². The Balaban J connectivity index is 2.76. The van der Waals surface area contributed by atoms with Gasteiger partial charge in [0, 0.05) is 5.56 Å². The Morgan fingerprint density at radius 3 is 2.45 bits per heavy atom. The Morgan fingerprint density at radius 1 is 1.36 bits per heavy atom. The Labute approximate surface area is 67.0 Å². The zero-order valence-corrected chi connectivity index (χ0v) is 6.50. The lowest BCUT2D eigenvalue weighted by atomic mass is 10.2. The van der Waals surface area contributed by atoms with E-state index in [1.807, 2.05) is 31.2 Å². The van der Waals surface area contributed by atoms with Crippen LogP contribution in [0.25, 0.3) is 0 Å². The molecule has 0 saturated heterocycles. The first-order valence-corrected chi connectivity index (χ1v) is 3.56. The lowest BCUT2D eigenvalue weighted by Crippen LogP contribution is -1.90. The van der Waals surface area contributed by atoms with Crippen LogP contribution >= 0.6 is 0 Å². The molecule has 11 heavy (non-hydrogen) atoms. The summed E-state index contributed by atoms with van der Waals surface area (Å²) < 4.78 is 5.24. The second-order valence-electron chi connectivity index (χ2n) is 2.10. The maximum absolute atomic E-state index is 5.24. The minimum absolute atomic E-state index is 0.690. The largest absolute Gasteiger partial charge is 0.494 e. The molecule has 1 nitrogen and oxygen atoms in total. The highest BCUT2D eigenvalue weighted by Crippen LogP contribution is 2.10. The van der Waals surface area contributed by atoms with Crippen LogP contribution in [0.5, 0.6) is 5.75 Å². The molecule has 56 valence electrons. The first-order valence-electron chi connectivity index (χ1n) is 3.56. The van der Waals surface area contributed by atoms with Gasteiger partial charge in [0.15, 0.2) is 0 Å². The molecule has 0 amide bonds. The molecule has 1 heteroatoms. The van der Waals surface area contributed by atoms with Gasteiger partial charge in [0.25, 0.3) is 0 Å². The normalized spacial score (nSPS) is 8.73. The quantitative estimate of drug-likeness (QED) is 0.580. The average molecular weight is 146 g/mol. The molecule has 0 aliphatic carbocycles. The summed E-state index contributed by atoms with van der Waals surface area (Å²) in [5.41, 5.74) is 0.883. The third kappa shape index (κ3) is 2.01. The molecule has 0 saturated carbocycles. The monoisotopic (exact) mass is 146 g/mol. The Kier molecular flexibility index (Phi) is 2.57. The number of benzene rings is 1. The van der Waals surface area contributed by atoms with Gasteiger partial charge >= 0.3 is 0 Å². The van der Waals surface area contributed by atoms with E-state index < -0.39 is 0 Å². The smallest absolute Gasteiger partial charge is 0.119 e. The fraction of sp³-hybridized carbons (Fsp3) is 0.200. The maximum Gasteiger partial charge on any atom is 0.119 e. The molecule has 0 spiro atoms. The van der Waals surface area contributed by atoms with Crippen LogP contribution in [0.4, 0.5) is 0 Å². The molecule has 1 rings (SSSR count). The molecule has 0 unspecified atom stereocenters. The van der Waals surface area contributed by atoms with Crippen molar-refractivity contribution in [3.63, 3.8) is 0 Å². The maximum atomic E-state index is 5.24. The second-order valence-corrected chi connectivity index (χ2v) is 2.10. The van der Waals surface area contributed by atoms with E-state index >= 15 is 0 Å². The standard InChI is InChI=1S/C10H10O/c1-3-9-5-7-10(8-6-9)11-4-2/h1,5-8H,4H2,2H3. The van der Waals surface area contributed by atoms with Crippen LogP contribution in [-0.2, 0) is 0 Å². The van der Waals surface area contributed by atoms with Gasteiger partial charge in [0.1, 0.15) is 5.75 Å². The van der Waals surface area contributed by atoms with E-state index in [-0.39, 0.29) is 0 Å². The van der Waals surface area contributed by atoms with E-state index in [1.165, 1.54) is 0 Å².